The van der Waals surface area contributed by atoms with Gasteiger partial charge in [0.15, 0.2) is 0 Å². The Labute approximate surface area is 162 Å². The molecule has 0 aliphatic rings. The first-order valence-corrected chi connectivity index (χ1v) is 8.26. The quantitative estimate of drug-likeness (QED) is 0.626. The number of hydrogen-bond acceptors (Lipinski definition) is 2. The normalized spacial score (nSPS) is 10.6. The minimum atomic E-state index is -0.241. The van der Waals surface area contributed by atoms with Crippen LogP contribution in [0.5, 0.6) is 0 Å². The number of para-hydroxylation sites is 1. The van der Waals surface area contributed by atoms with Crippen LogP contribution in [-0.2, 0) is 13.1 Å². The van der Waals surface area contributed by atoms with E-state index >= 15 is 0 Å². The number of benzene rings is 2. The maximum absolute atomic E-state index is 13.2. The predicted octanol–water partition coefficient (Wildman–Crippen LogP) is 5.34. The van der Waals surface area contributed by atoms with E-state index in [9.17, 15) is 4.39 Å². The van der Waals surface area contributed by atoms with Gasteiger partial charge in [-0.05, 0) is 36.8 Å². The third kappa shape index (κ3) is 4.53. The summed E-state index contributed by atoms with van der Waals surface area (Å²) < 4.78 is 14.8. The average Bonchev–Trinajstić information content (AvgIpc) is 2.83. The fraction of sp³-hybridized carbons (Fsp3) is 0.167. The number of nitrogens with zero attached hydrogens (tertiary/aromatic N) is 2. The molecule has 0 radical (unpaired) electrons. The molecule has 1 heterocycles. The maximum atomic E-state index is 13.2. The van der Waals surface area contributed by atoms with Crippen LogP contribution in [0.4, 0.5) is 4.39 Å². The number of nitrogens with one attached hydrogen (secondary N) is 1. The molecule has 0 unspecified atom stereocenters. The minimum Gasteiger partial charge on any atom is -0.308 e. The van der Waals surface area contributed by atoms with Crippen LogP contribution in [0.2, 0.25) is 10.2 Å². The average molecular weight is 401 g/mol. The number of hydrogen-bond donors (Lipinski definition) is 1. The summed E-state index contributed by atoms with van der Waals surface area (Å²) in [5.74, 6) is -0.241. The molecule has 3 rings (SSSR count). The van der Waals surface area contributed by atoms with Crippen molar-refractivity contribution in [3.63, 3.8) is 0 Å². The fourth-order valence-corrected chi connectivity index (χ4v) is 3.04. The number of halogens is 4. The minimum absolute atomic E-state index is 0. The molecule has 7 heteroatoms. The molecule has 0 aliphatic carbocycles. The third-order valence-corrected chi connectivity index (χ3v) is 4.43. The third-order valence-electron chi connectivity index (χ3n) is 3.72. The zero-order chi connectivity index (χ0) is 17.1. The lowest BCUT2D eigenvalue weighted by Gasteiger charge is -2.07. The number of rotatable bonds is 5. The van der Waals surface area contributed by atoms with Gasteiger partial charge < -0.3 is 5.32 Å². The van der Waals surface area contributed by atoms with E-state index in [1.165, 1.54) is 12.1 Å². The van der Waals surface area contributed by atoms with Gasteiger partial charge in [0.25, 0.3) is 0 Å². The molecule has 1 N–H and O–H groups in total. The van der Waals surface area contributed by atoms with E-state index in [-0.39, 0.29) is 18.2 Å². The molecule has 132 valence electrons. The molecule has 3 aromatic rings. The van der Waals surface area contributed by atoms with Crippen molar-refractivity contribution in [2.45, 2.75) is 20.0 Å². The summed E-state index contributed by atoms with van der Waals surface area (Å²) in [6.07, 6.45) is 0. The second-order valence-corrected chi connectivity index (χ2v) is 6.22. The van der Waals surface area contributed by atoms with Crippen LogP contribution >= 0.6 is 35.6 Å². The van der Waals surface area contributed by atoms with Gasteiger partial charge in [0.1, 0.15) is 11.0 Å². The van der Waals surface area contributed by atoms with E-state index in [4.69, 9.17) is 23.2 Å². The molecule has 0 spiro atoms. The summed E-state index contributed by atoms with van der Waals surface area (Å²) in [5.41, 5.74) is 3.34. The fourth-order valence-electron chi connectivity index (χ4n) is 2.49. The van der Waals surface area contributed by atoms with Gasteiger partial charge in [0.2, 0.25) is 0 Å². The van der Waals surface area contributed by atoms with Gasteiger partial charge in [-0.15, -0.1) is 12.4 Å². The summed E-state index contributed by atoms with van der Waals surface area (Å²) >= 11 is 12.7. The van der Waals surface area contributed by atoms with Crippen molar-refractivity contribution in [2.24, 2.45) is 0 Å². The first-order chi connectivity index (χ1) is 11.6. The summed E-state index contributed by atoms with van der Waals surface area (Å²) in [6, 6.07) is 13.9. The molecule has 0 saturated carbocycles. The van der Waals surface area contributed by atoms with Crippen molar-refractivity contribution in [3.05, 3.63) is 81.3 Å². The Morgan fingerprint density at radius 1 is 1.08 bits per heavy atom. The molecular formula is C18H17Cl3FN3. The van der Waals surface area contributed by atoms with E-state index in [1.54, 1.807) is 16.8 Å². The van der Waals surface area contributed by atoms with E-state index in [1.807, 2.05) is 31.2 Å². The molecule has 0 aliphatic heterocycles. The molecule has 3 nitrogen and oxygen atoms in total. The molecule has 0 atom stereocenters. The highest BCUT2D eigenvalue weighted by Crippen LogP contribution is 2.27. The molecule has 0 saturated heterocycles. The summed E-state index contributed by atoms with van der Waals surface area (Å²) in [4.78, 5) is 0. The van der Waals surface area contributed by atoms with Gasteiger partial charge in [-0.25, -0.2) is 9.07 Å². The van der Waals surface area contributed by atoms with E-state index in [0.29, 0.717) is 23.3 Å². The van der Waals surface area contributed by atoms with Crippen molar-refractivity contribution in [2.75, 3.05) is 0 Å². The van der Waals surface area contributed by atoms with Crippen LogP contribution in [-0.4, -0.2) is 9.78 Å². The lowest BCUT2D eigenvalue weighted by atomic mass is 10.2. The Balaban J connectivity index is 0.00000225. The van der Waals surface area contributed by atoms with Crippen LogP contribution in [0, 0.1) is 12.7 Å². The van der Waals surface area contributed by atoms with Crippen LogP contribution in [0.1, 0.15) is 16.8 Å². The number of aryl methyl sites for hydroxylation is 1. The molecule has 2 aromatic carbocycles. The highest BCUT2D eigenvalue weighted by atomic mass is 35.5. The second-order valence-electron chi connectivity index (χ2n) is 5.45. The SMILES string of the molecule is Cc1nn(-c2ccccc2Cl)c(Cl)c1CNCc1cccc(F)c1.Cl. The van der Waals surface area contributed by atoms with Gasteiger partial charge in [-0.2, -0.15) is 5.10 Å². The molecule has 1 aromatic heterocycles. The first kappa shape index (κ1) is 19.7. The smallest absolute Gasteiger partial charge is 0.137 e. The van der Waals surface area contributed by atoms with Gasteiger partial charge in [-0.1, -0.05) is 47.5 Å². The van der Waals surface area contributed by atoms with Crippen molar-refractivity contribution >= 4 is 35.6 Å². The van der Waals surface area contributed by atoms with Crippen LogP contribution in [0.15, 0.2) is 48.5 Å². The standard InChI is InChI=1S/C18H16Cl2FN3.ClH/c1-12-15(11-22-10-13-5-4-6-14(21)9-13)18(20)24(23-12)17-8-3-2-7-16(17)19;/h2-9,22H,10-11H2,1H3;1H. The van der Waals surface area contributed by atoms with Gasteiger partial charge >= 0.3 is 0 Å². The lowest BCUT2D eigenvalue weighted by molar-refractivity contribution is 0.620. The molecule has 25 heavy (non-hydrogen) atoms. The summed E-state index contributed by atoms with van der Waals surface area (Å²) in [7, 11) is 0. The molecule has 0 bridgehead atoms. The molecule has 0 amide bonds. The zero-order valence-corrected chi connectivity index (χ0v) is 15.8. The van der Waals surface area contributed by atoms with Crippen LogP contribution in [0.3, 0.4) is 0 Å². The number of aromatic nitrogens is 2. The lowest BCUT2D eigenvalue weighted by Crippen LogP contribution is -2.13. The van der Waals surface area contributed by atoms with Gasteiger partial charge in [0, 0.05) is 18.7 Å². The van der Waals surface area contributed by atoms with Crippen molar-refractivity contribution in [3.8, 4) is 5.69 Å². The monoisotopic (exact) mass is 399 g/mol. The van der Waals surface area contributed by atoms with Gasteiger partial charge in [0.05, 0.1) is 16.4 Å². The molecular weight excluding hydrogens is 384 g/mol. The Kier molecular flexibility index (Phi) is 6.85. The van der Waals surface area contributed by atoms with E-state index in [2.05, 4.69) is 10.4 Å². The Hall–Kier alpha value is -1.59. The summed E-state index contributed by atoms with van der Waals surface area (Å²) in [6.45, 7) is 2.98. The first-order valence-electron chi connectivity index (χ1n) is 7.50. The maximum Gasteiger partial charge on any atom is 0.137 e. The van der Waals surface area contributed by atoms with Crippen molar-refractivity contribution < 1.29 is 4.39 Å². The largest absolute Gasteiger partial charge is 0.308 e. The van der Waals surface area contributed by atoms with Crippen molar-refractivity contribution in [1.29, 1.82) is 0 Å². The second kappa shape index (κ2) is 8.68. The Bertz CT molecular complexity index is 865. The topological polar surface area (TPSA) is 29.9 Å². The Morgan fingerprint density at radius 2 is 1.84 bits per heavy atom. The van der Waals surface area contributed by atoms with E-state index < -0.39 is 0 Å². The highest BCUT2D eigenvalue weighted by molar-refractivity contribution is 6.33. The van der Waals surface area contributed by atoms with Crippen molar-refractivity contribution in [1.82, 2.24) is 15.1 Å². The van der Waals surface area contributed by atoms with Crippen LogP contribution in [0.25, 0.3) is 5.69 Å². The zero-order valence-electron chi connectivity index (χ0n) is 13.5. The molecule has 0 fully saturated rings. The Morgan fingerprint density at radius 3 is 2.56 bits per heavy atom. The van der Waals surface area contributed by atoms with Crippen LogP contribution < -0.4 is 5.32 Å². The predicted molar refractivity (Wildman–Crippen MR) is 103 cm³/mol. The van der Waals surface area contributed by atoms with E-state index in [0.717, 1.165) is 22.5 Å². The van der Waals surface area contributed by atoms with Gasteiger partial charge in [-0.3, -0.25) is 0 Å². The summed E-state index contributed by atoms with van der Waals surface area (Å²) in [5, 5.41) is 8.86. The highest BCUT2D eigenvalue weighted by Gasteiger charge is 2.15.